The van der Waals surface area contributed by atoms with Gasteiger partial charge in [-0.25, -0.2) is 14.4 Å². The van der Waals surface area contributed by atoms with Gasteiger partial charge in [0, 0.05) is 22.1 Å². The van der Waals surface area contributed by atoms with Gasteiger partial charge in [-0.05, 0) is 54.8 Å². The third kappa shape index (κ3) is 6.13. The number of hydrogen-bond acceptors (Lipinski definition) is 6. The number of carbonyl (C=O) groups is 3. The Kier molecular flexibility index (Phi) is 7.73. The van der Waals surface area contributed by atoms with Crippen LogP contribution in [0.2, 0.25) is 5.02 Å². The van der Waals surface area contributed by atoms with Crippen molar-refractivity contribution in [2.75, 3.05) is 23.7 Å². The average Bonchev–Trinajstić information content (AvgIpc) is 3.28. The highest BCUT2D eigenvalue weighted by Gasteiger charge is 2.28. The first kappa shape index (κ1) is 25.0. The molecule has 4 rings (SSSR count). The normalized spacial score (nSPS) is 15.0. The molecule has 1 atom stereocenters. The predicted molar refractivity (Wildman–Crippen MR) is 138 cm³/mol. The number of nitrogens with zero attached hydrogens (tertiary/aromatic N) is 2. The number of benzene rings is 2. The number of nitriles is 1. The van der Waals surface area contributed by atoms with Gasteiger partial charge in [0.05, 0.1) is 23.9 Å². The van der Waals surface area contributed by atoms with Gasteiger partial charge in [-0.2, -0.15) is 5.26 Å². The number of halogens is 1. The Morgan fingerprint density at radius 1 is 1.14 bits per heavy atom. The topological polar surface area (TPSA) is 138 Å². The monoisotopic (exact) mass is 523 g/mol. The number of nitrogens with one attached hydrogen (secondary N) is 2. The van der Waals surface area contributed by atoms with Crippen LogP contribution < -0.4 is 16.4 Å². The average molecular weight is 524 g/mol. The van der Waals surface area contributed by atoms with Gasteiger partial charge in [-0.15, -0.1) is 11.3 Å². The van der Waals surface area contributed by atoms with Crippen LogP contribution in [0.15, 0.2) is 54.6 Å². The number of esters is 1. The SMILES string of the molecule is N#Cc1cccc(NC(=O)Nc2cc(-c3ccc(Cl)cc3)sc2C(=O)OC2CCCN(C(N)=O)C2)c1. The summed E-state index contributed by atoms with van der Waals surface area (Å²) in [6.07, 6.45) is 0.760. The lowest BCUT2D eigenvalue weighted by Gasteiger charge is -2.31. The van der Waals surface area contributed by atoms with Gasteiger partial charge in [-0.3, -0.25) is 0 Å². The van der Waals surface area contributed by atoms with Crippen LogP contribution in [0.25, 0.3) is 10.4 Å². The third-order valence-electron chi connectivity index (χ3n) is 5.51. The van der Waals surface area contributed by atoms with Crippen LogP contribution in [0.1, 0.15) is 28.1 Å². The maximum atomic E-state index is 13.2. The molecule has 3 aromatic rings. The van der Waals surface area contributed by atoms with Crippen LogP contribution >= 0.6 is 22.9 Å². The van der Waals surface area contributed by atoms with Gasteiger partial charge in [0.1, 0.15) is 11.0 Å². The number of urea groups is 2. The van der Waals surface area contributed by atoms with E-state index in [4.69, 9.17) is 27.3 Å². The van der Waals surface area contributed by atoms with E-state index in [0.29, 0.717) is 35.7 Å². The molecule has 0 saturated carbocycles. The molecule has 1 unspecified atom stereocenters. The van der Waals surface area contributed by atoms with Crippen molar-refractivity contribution in [2.24, 2.45) is 5.73 Å². The van der Waals surface area contributed by atoms with Crippen molar-refractivity contribution in [3.8, 4) is 16.5 Å². The summed E-state index contributed by atoms with van der Waals surface area (Å²) in [4.78, 5) is 39.8. The first-order valence-electron chi connectivity index (χ1n) is 11.1. The molecule has 36 heavy (non-hydrogen) atoms. The number of rotatable bonds is 5. The molecule has 0 spiro atoms. The number of amides is 4. The van der Waals surface area contributed by atoms with Crippen LogP contribution in [-0.2, 0) is 4.74 Å². The zero-order valence-corrected chi connectivity index (χ0v) is 20.6. The number of primary amides is 1. The number of nitrogens with two attached hydrogens (primary N) is 1. The number of hydrogen-bond donors (Lipinski definition) is 3. The van der Waals surface area contributed by atoms with E-state index in [9.17, 15) is 14.4 Å². The Bertz CT molecular complexity index is 1330. The lowest BCUT2D eigenvalue weighted by atomic mass is 10.1. The van der Waals surface area contributed by atoms with Gasteiger partial charge in [0.25, 0.3) is 0 Å². The Balaban J connectivity index is 1.56. The lowest BCUT2D eigenvalue weighted by molar-refractivity contribution is 0.0134. The van der Waals surface area contributed by atoms with Gasteiger partial charge in [-0.1, -0.05) is 29.8 Å². The summed E-state index contributed by atoms with van der Waals surface area (Å²) >= 11 is 7.17. The van der Waals surface area contributed by atoms with Crippen LogP contribution in [0.5, 0.6) is 0 Å². The quantitative estimate of drug-likeness (QED) is 0.390. The number of thiophene rings is 1. The molecular formula is C25H22ClN5O4S. The van der Waals surface area contributed by atoms with Crippen molar-refractivity contribution >= 4 is 52.3 Å². The van der Waals surface area contributed by atoms with Gasteiger partial charge in [0.15, 0.2) is 0 Å². The summed E-state index contributed by atoms with van der Waals surface area (Å²) in [5, 5.41) is 15.0. The summed E-state index contributed by atoms with van der Waals surface area (Å²) in [7, 11) is 0. The van der Waals surface area contributed by atoms with Crippen molar-refractivity contribution < 1.29 is 19.1 Å². The molecule has 1 fully saturated rings. The summed E-state index contributed by atoms with van der Waals surface area (Å²) in [6, 6.07) is 16.1. The van der Waals surface area contributed by atoms with Gasteiger partial charge >= 0.3 is 18.0 Å². The smallest absolute Gasteiger partial charge is 0.350 e. The lowest BCUT2D eigenvalue weighted by Crippen LogP contribution is -2.46. The molecule has 1 saturated heterocycles. The second-order valence-electron chi connectivity index (χ2n) is 8.09. The Hall–Kier alpha value is -4.07. The maximum absolute atomic E-state index is 13.2. The second-order valence-corrected chi connectivity index (χ2v) is 9.57. The Morgan fingerprint density at radius 2 is 1.92 bits per heavy atom. The molecule has 4 amide bonds. The van der Waals surface area contributed by atoms with Crippen molar-refractivity contribution in [2.45, 2.75) is 18.9 Å². The molecule has 0 aliphatic carbocycles. The highest BCUT2D eigenvalue weighted by molar-refractivity contribution is 7.18. The van der Waals surface area contributed by atoms with E-state index < -0.39 is 24.1 Å². The number of piperidine rings is 1. The Labute approximate surface area is 216 Å². The van der Waals surface area contributed by atoms with Crippen LogP contribution in [0.3, 0.4) is 0 Å². The summed E-state index contributed by atoms with van der Waals surface area (Å²) in [6.45, 7) is 0.734. The summed E-state index contributed by atoms with van der Waals surface area (Å²) < 4.78 is 5.69. The van der Waals surface area contributed by atoms with Crippen LogP contribution in [-0.4, -0.2) is 42.1 Å². The summed E-state index contributed by atoms with van der Waals surface area (Å²) in [5.74, 6) is -0.613. The first-order chi connectivity index (χ1) is 17.3. The van der Waals surface area contributed by atoms with Crippen molar-refractivity contribution in [1.29, 1.82) is 5.26 Å². The van der Waals surface area contributed by atoms with E-state index in [-0.39, 0.29) is 17.1 Å². The van der Waals surface area contributed by atoms with Crippen molar-refractivity contribution in [3.63, 3.8) is 0 Å². The molecule has 1 aliphatic rings. The summed E-state index contributed by atoms with van der Waals surface area (Å²) in [5.41, 5.74) is 7.28. The Morgan fingerprint density at radius 3 is 2.64 bits per heavy atom. The van der Waals surface area contributed by atoms with Crippen molar-refractivity contribution in [3.05, 3.63) is 70.1 Å². The van der Waals surface area contributed by atoms with E-state index in [1.165, 1.54) is 22.3 Å². The molecule has 11 heteroatoms. The molecule has 1 aliphatic heterocycles. The predicted octanol–water partition coefficient (Wildman–Crippen LogP) is 5.28. The largest absolute Gasteiger partial charge is 0.456 e. The standard InChI is InChI=1S/C25H22ClN5O4S/c26-17-8-6-16(7-9-17)21-12-20(30-25(34)29-18-4-1-3-15(11-18)13-27)22(36-21)23(32)35-19-5-2-10-31(14-19)24(28)33/h1,3-4,6-9,11-12,19H,2,5,10,14H2,(H2,28,33)(H2,29,30,34). The van der Waals surface area contributed by atoms with E-state index in [0.717, 1.165) is 10.4 Å². The minimum atomic E-state index is -0.613. The molecule has 2 aromatic carbocycles. The highest BCUT2D eigenvalue weighted by atomic mass is 35.5. The fourth-order valence-electron chi connectivity index (χ4n) is 3.78. The molecule has 184 valence electrons. The van der Waals surface area contributed by atoms with Gasteiger partial charge in [0.2, 0.25) is 0 Å². The molecule has 1 aromatic heterocycles. The fourth-order valence-corrected chi connectivity index (χ4v) is 4.91. The minimum absolute atomic E-state index is 0.206. The molecule has 4 N–H and O–H groups in total. The molecule has 0 radical (unpaired) electrons. The number of likely N-dealkylation sites (tertiary alicyclic amines) is 1. The second kappa shape index (κ2) is 11.1. The van der Waals surface area contributed by atoms with Crippen molar-refractivity contribution in [1.82, 2.24) is 4.90 Å². The van der Waals surface area contributed by atoms with E-state index in [2.05, 4.69) is 10.6 Å². The van der Waals surface area contributed by atoms with E-state index in [1.54, 1.807) is 36.4 Å². The maximum Gasteiger partial charge on any atom is 0.350 e. The molecule has 0 bridgehead atoms. The molecule has 9 nitrogen and oxygen atoms in total. The molecular weight excluding hydrogens is 502 g/mol. The van der Waals surface area contributed by atoms with Gasteiger partial charge < -0.3 is 26.0 Å². The van der Waals surface area contributed by atoms with E-state index in [1.807, 2.05) is 18.2 Å². The number of ether oxygens (including phenoxy) is 1. The first-order valence-corrected chi connectivity index (χ1v) is 12.2. The molecule has 2 heterocycles. The fraction of sp³-hybridized carbons (Fsp3) is 0.200. The van der Waals surface area contributed by atoms with Crippen LogP contribution in [0.4, 0.5) is 21.0 Å². The minimum Gasteiger partial charge on any atom is -0.456 e. The third-order valence-corrected chi connectivity index (χ3v) is 6.92. The zero-order chi connectivity index (χ0) is 25.7. The number of carbonyl (C=O) groups excluding carboxylic acids is 3. The number of anilines is 2. The van der Waals surface area contributed by atoms with Crippen LogP contribution in [0, 0.1) is 11.3 Å². The highest BCUT2D eigenvalue weighted by Crippen LogP contribution is 2.36. The zero-order valence-electron chi connectivity index (χ0n) is 19.0. The van der Waals surface area contributed by atoms with E-state index >= 15 is 0 Å².